The monoisotopic (exact) mass is 284 g/mol. The lowest BCUT2D eigenvalue weighted by Crippen LogP contribution is -2.29. The first-order valence-corrected chi connectivity index (χ1v) is 5.96. The Morgan fingerprint density at radius 1 is 1.25 bits per heavy atom. The van der Waals surface area contributed by atoms with E-state index in [4.69, 9.17) is 5.84 Å². The number of benzene rings is 1. The second-order valence-corrected chi connectivity index (χ2v) is 4.56. The van der Waals surface area contributed by atoms with Gasteiger partial charge < -0.3 is 0 Å². The Morgan fingerprint density at radius 2 is 1.85 bits per heavy atom. The Labute approximate surface area is 114 Å². The van der Waals surface area contributed by atoms with Crippen LogP contribution in [-0.4, -0.2) is 9.78 Å². The molecule has 7 heteroatoms. The smallest absolute Gasteiger partial charge is 0.275 e. The molecule has 3 N–H and O–H groups in total. The van der Waals surface area contributed by atoms with E-state index in [9.17, 15) is 13.2 Å². The number of aryl methyl sites for hydroxylation is 2. The Kier molecular flexibility index (Phi) is 3.82. The van der Waals surface area contributed by atoms with Crippen LogP contribution in [0.4, 0.5) is 13.2 Å². The molecule has 1 aromatic heterocycles. The van der Waals surface area contributed by atoms with Gasteiger partial charge in [0.05, 0.1) is 17.3 Å². The minimum atomic E-state index is -4.34. The normalized spacial score (nSPS) is 13.5. The highest BCUT2D eigenvalue weighted by atomic mass is 19.4. The first-order valence-electron chi connectivity index (χ1n) is 5.96. The van der Waals surface area contributed by atoms with Crippen molar-refractivity contribution in [2.45, 2.75) is 19.1 Å². The number of nitrogens with one attached hydrogen (secondary N) is 1. The predicted octanol–water partition coefficient (Wildman–Crippen LogP) is 2.30. The zero-order valence-electron chi connectivity index (χ0n) is 11.1. The van der Waals surface area contributed by atoms with Gasteiger partial charge in [0.1, 0.15) is 0 Å². The van der Waals surface area contributed by atoms with Gasteiger partial charge in [0.2, 0.25) is 0 Å². The molecule has 20 heavy (non-hydrogen) atoms. The number of hydrazine groups is 1. The number of nitrogens with two attached hydrogens (primary N) is 1. The summed E-state index contributed by atoms with van der Waals surface area (Å²) >= 11 is 0. The first-order chi connectivity index (χ1) is 9.32. The van der Waals surface area contributed by atoms with Crippen LogP contribution >= 0.6 is 0 Å². The van der Waals surface area contributed by atoms with Crippen LogP contribution in [0.25, 0.3) is 0 Å². The summed E-state index contributed by atoms with van der Waals surface area (Å²) in [5.41, 5.74) is 4.18. The summed E-state index contributed by atoms with van der Waals surface area (Å²) in [6.45, 7) is 1.82. The Bertz CT molecular complexity index is 587. The van der Waals surface area contributed by atoms with Crippen LogP contribution in [0.3, 0.4) is 0 Å². The van der Waals surface area contributed by atoms with Gasteiger partial charge in [-0.1, -0.05) is 12.1 Å². The molecule has 1 atom stereocenters. The number of aromatic nitrogens is 2. The van der Waals surface area contributed by atoms with Crippen LogP contribution < -0.4 is 11.3 Å². The van der Waals surface area contributed by atoms with Crippen molar-refractivity contribution < 1.29 is 13.2 Å². The molecule has 0 saturated carbocycles. The molecule has 0 aliphatic heterocycles. The van der Waals surface area contributed by atoms with E-state index < -0.39 is 17.8 Å². The first kappa shape index (κ1) is 14.5. The molecule has 1 aromatic carbocycles. The average molecular weight is 284 g/mol. The van der Waals surface area contributed by atoms with E-state index in [1.54, 1.807) is 17.9 Å². The minimum Gasteiger partial charge on any atom is -0.275 e. The predicted molar refractivity (Wildman–Crippen MR) is 68.6 cm³/mol. The van der Waals surface area contributed by atoms with Crippen molar-refractivity contribution in [1.29, 1.82) is 0 Å². The van der Waals surface area contributed by atoms with E-state index in [1.165, 1.54) is 12.1 Å². The van der Waals surface area contributed by atoms with Crippen molar-refractivity contribution in [2.24, 2.45) is 12.9 Å². The fraction of sp³-hybridized carbons (Fsp3) is 0.308. The van der Waals surface area contributed by atoms with E-state index >= 15 is 0 Å². The van der Waals surface area contributed by atoms with E-state index in [1.807, 2.05) is 6.92 Å². The van der Waals surface area contributed by atoms with E-state index in [2.05, 4.69) is 10.5 Å². The maximum absolute atomic E-state index is 12.5. The molecule has 1 unspecified atom stereocenters. The SMILES string of the molecule is Cc1nn(C)cc1C(NN)c1ccc(C(F)(F)F)cc1. The summed E-state index contributed by atoms with van der Waals surface area (Å²) < 4.78 is 39.3. The van der Waals surface area contributed by atoms with Gasteiger partial charge in [0, 0.05) is 18.8 Å². The van der Waals surface area contributed by atoms with Gasteiger partial charge in [-0.25, -0.2) is 5.43 Å². The van der Waals surface area contributed by atoms with Crippen molar-refractivity contribution in [3.05, 3.63) is 52.8 Å². The van der Waals surface area contributed by atoms with Crippen molar-refractivity contribution in [1.82, 2.24) is 15.2 Å². The lowest BCUT2D eigenvalue weighted by atomic mass is 9.99. The zero-order chi connectivity index (χ0) is 14.9. The second kappa shape index (κ2) is 5.26. The van der Waals surface area contributed by atoms with Crippen molar-refractivity contribution in [3.8, 4) is 0 Å². The van der Waals surface area contributed by atoms with Crippen LogP contribution in [0.15, 0.2) is 30.5 Å². The minimum absolute atomic E-state index is 0.397. The molecule has 0 aliphatic rings. The molecular formula is C13H15F3N4. The highest BCUT2D eigenvalue weighted by molar-refractivity contribution is 5.34. The van der Waals surface area contributed by atoms with Crippen molar-refractivity contribution >= 4 is 0 Å². The molecule has 0 amide bonds. The van der Waals surface area contributed by atoms with E-state index in [0.717, 1.165) is 23.4 Å². The van der Waals surface area contributed by atoms with Crippen molar-refractivity contribution in [2.75, 3.05) is 0 Å². The molecule has 0 radical (unpaired) electrons. The zero-order valence-corrected chi connectivity index (χ0v) is 11.1. The molecule has 1 heterocycles. The summed E-state index contributed by atoms with van der Waals surface area (Å²) in [5.74, 6) is 5.53. The summed E-state index contributed by atoms with van der Waals surface area (Å²) in [4.78, 5) is 0. The summed E-state index contributed by atoms with van der Waals surface area (Å²) in [6.07, 6.45) is -2.55. The number of nitrogens with zero attached hydrogens (tertiary/aromatic N) is 2. The summed E-state index contributed by atoms with van der Waals surface area (Å²) in [5, 5.41) is 4.20. The van der Waals surface area contributed by atoms with Gasteiger partial charge in [0.15, 0.2) is 0 Å². The van der Waals surface area contributed by atoms with E-state index in [-0.39, 0.29) is 0 Å². The number of rotatable bonds is 3. The van der Waals surface area contributed by atoms with Crippen LogP contribution in [0.5, 0.6) is 0 Å². The molecule has 2 rings (SSSR count). The maximum atomic E-state index is 12.5. The number of alkyl halides is 3. The van der Waals surface area contributed by atoms with Crippen LogP contribution in [0, 0.1) is 6.92 Å². The highest BCUT2D eigenvalue weighted by Crippen LogP contribution is 2.31. The lowest BCUT2D eigenvalue weighted by Gasteiger charge is -2.16. The van der Waals surface area contributed by atoms with Gasteiger partial charge in [-0.2, -0.15) is 18.3 Å². The maximum Gasteiger partial charge on any atom is 0.416 e. The van der Waals surface area contributed by atoms with E-state index in [0.29, 0.717) is 5.56 Å². The van der Waals surface area contributed by atoms with Gasteiger partial charge >= 0.3 is 6.18 Å². The molecule has 2 aromatic rings. The summed E-state index contributed by atoms with van der Waals surface area (Å²) in [6, 6.07) is 4.53. The van der Waals surface area contributed by atoms with Gasteiger partial charge in [0.25, 0.3) is 0 Å². The topological polar surface area (TPSA) is 55.9 Å². The van der Waals surface area contributed by atoms with Gasteiger partial charge in [-0.3, -0.25) is 10.5 Å². The van der Waals surface area contributed by atoms with Crippen LogP contribution in [-0.2, 0) is 13.2 Å². The van der Waals surface area contributed by atoms with Crippen LogP contribution in [0.2, 0.25) is 0 Å². The highest BCUT2D eigenvalue weighted by Gasteiger charge is 2.30. The third kappa shape index (κ3) is 2.83. The molecule has 0 bridgehead atoms. The molecule has 0 fully saturated rings. The van der Waals surface area contributed by atoms with Crippen LogP contribution in [0.1, 0.15) is 28.4 Å². The average Bonchev–Trinajstić information content (AvgIpc) is 2.69. The molecule has 108 valence electrons. The lowest BCUT2D eigenvalue weighted by molar-refractivity contribution is -0.137. The number of hydrogen-bond acceptors (Lipinski definition) is 3. The molecule has 0 aliphatic carbocycles. The fourth-order valence-electron chi connectivity index (χ4n) is 2.13. The molecule has 4 nitrogen and oxygen atoms in total. The Morgan fingerprint density at radius 3 is 2.25 bits per heavy atom. The Balaban J connectivity index is 2.35. The third-order valence-electron chi connectivity index (χ3n) is 3.10. The molecule has 0 saturated heterocycles. The summed E-state index contributed by atoms with van der Waals surface area (Å²) in [7, 11) is 1.77. The second-order valence-electron chi connectivity index (χ2n) is 4.56. The Hall–Kier alpha value is -1.86. The quantitative estimate of drug-likeness (QED) is 0.671. The van der Waals surface area contributed by atoms with Gasteiger partial charge in [-0.05, 0) is 24.6 Å². The van der Waals surface area contributed by atoms with Gasteiger partial charge in [-0.15, -0.1) is 0 Å². The molecule has 0 spiro atoms. The standard InChI is InChI=1S/C13H15F3N4/c1-8-11(7-20(2)19-8)12(18-17)9-3-5-10(6-4-9)13(14,15)16/h3-7,12,18H,17H2,1-2H3. The largest absolute Gasteiger partial charge is 0.416 e. The number of halogens is 3. The molecular weight excluding hydrogens is 269 g/mol. The number of hydrogen-bond donors (Lipinski definition) is 2. The van der Waals surface area contributed by atoms with Crippen molar-refractivity contribution in [3.63, 3.8) is 0 Å². The fourth-order valence-corrected chi connectivity index (χ4v) is 2.13. The third-order valence-corrected chi connectivity index (χ3v) is 3.10.